The molecule has 4 atom stereocenters. The Morgan fingerprint density at radius 1 is 0.547 bits per heavy atom. The second kappa shape index (κ2) is 24.1. The molecule has 10 heterocycles. The predicted molar refractivity (Wildman–Crippen MR) is 314 cm³/mol. The topological polar surface area (TPSA) is 325 Å². The number of carbonyl (C=O) groups is 4. The second-order valence-corrected chi connectivity index (χ2v) is 21.6. The van der Waals surface area contributed by atoms with Gasteiger partial charge in [0.15, 0.2) is 11.4 Å². The number of fused-ring (bicyclic) bond motifs is 8. The highest BCUT2D eigenvalue weighted by atomic mass is 35.5. The fraction of sp³-hybridized carbons (Fsp3) is 0.241. The van der Waals surface area contributed by atoms with Crippen LogP contribution in [0.15, 0.2) is 132 Å². The molecule has 2 aromatic carbocycles. The van der Waals surface area contributed by atoms with Gasteiger partial charge in [0.25, 0.3) is 11.1 Å². The van der Waals surface area contributed by atoms with Crippen LogP contribution >= 0.6 is 23.2 Å². The van der Waals surface area contributed by atoms with E-state index in [0.29, 0.717) is 117 Å². The van der Waals surface area contributed by atoms with Crippen LogP contribution in [0, 0.1) is 11.8 Å². The summed E-state index contributed by atoms with van der Waals surface area (Å²) in [5.41, 5.74) is 6.89. The molecule has 2 aliphatic rings. The van der Waals surface area contributed by atoms with Crippen LogP contribution in [0.25, 0.3) is 56.7 Å². The van der Waals surface area contributed by atoms with Gasteiger partial charge in [-0.1, -0.05) is 60.3 Å². The summed E-state index contributed by atoms with van der Waals surface area (Å²) in [6.45, 7) is 3.76. The molecule has 8 aromatic heterocycles. The Balaban J connectivity index is 0.000000179. The third kappa shape index (κ3) is 11.8. The van der Waals surface area contributed by atoms with Gasteiger partial charge >= 0.3 is 11.9 Å². The summed E-state index contributed by atoms with van der Waals surface area (Å²) < 4.78 is 9.08. The molecule has 4 bridgehead atoms. The Morgan fingerprint density at radius 2 is 0.965 bits per heavy atom. The maximum Gasteiger partial charge on any atom is 0.358 e. The maximum absolute atomic E-state index is 13.7. The summed E-state index contributed by atoms with van der Waals surface area (Å²) in [4.78, 5) is 94.3. The van der Waals surface area contributed by atoms with Gasteiger partial charge in [-0.25, -0.2) is 28.9 Å². The molecule has 0 fully saturated rings. The number of aryl methyl sites for hydroxylation is 2. The molecule has 4 N–H and O–H groups in total. The van der Waals surface area contributed by atoms with Gasteiger partial charge < -0.3 is 20.8 Å². The summed E-state index contributed by atoms with van der Waals surface area (Å²) in [7, 11) is 3.57. The van der Waals surface area contributed by atoms with E-state index in [2.05, 4.69) is 61.4 Å². The molecule has 28 heteroatoms. The third-order valence-electron chi connectivity index (χ3n) is 15.1. The van der Waals surface area contributed by atoms with Crippen molar-refractivity contribution in [3.8, 4) is 56.7 Å². The first kappa shape index (κ1) is 57.5. The fourth-order valence-corrected chi connectivity index (χ4v) is 10.9. The lowest BCUT2D eigenvalue weighted by molar-refractivity contribution is -0.120. The van der Waals surface area contributed by atoms with E-state index < -0.39 is 11.9 Å². The number of carbonyl (C=O) groups excluding carboxylic acids is 2. The molecule has 0 unspecified atom stereocenters. The maximum atomic E-state index is 13.7. The van der Waals surface area contributed by atoms with Gasteiger partial charge in [-0.15, -0.1) is 10.2 Å². The van der Waals surface area contributed by atoms with Crippen molar-refractivity contribution in [2.45, 2.75) is 64.5 Å². The zero-order valence-electron chi connectivity index (χ0n) is 46.4. The number of carboxylic acid groups (broad SMARTS) is 2. The van der Waals surface area contributed by atoms with E-state index in [0.717, 1.165) is 11.1 Å². The Labute approximate surface area is 497 Å². The van der Waals surface area contributed by atoms with Crippen molar-refractivity contribution in [3.05, 3.63) is 176 Å². The molecule has 0 aliphatic carbocycles. The first-order valence-electron chi connectivity index (χ1n) is 27.1. The first-order valence-corrected chi connectivity index (χ1v) is 27.8. The van der Waals surface area contributed by atoms with Crippen molar-refractivity contribution in [3.63, 3.8) is 0 Å². The number of anilines is 2. The Hall–Kier alpha value is -10.3. The van der Waals surface area contributed by atoms with Crippen molar-refractivity contribution >= 4 is 58.3 Å². The quantitative estimate of drug-likeness (QED) is 0.112. The van der Waals surface area contributed by atoms with E-state index in [-0.39, 0.29) is 58.2 Å². The normalized spacial score (nSPS) is 17.0. The number of amides is 2. The van der Waals surface area contributed by atoms with E-state index in [9.17, 15) is 39.0 Å². The minimum Gasteiger partial charge on any atom is -0.476 e. The number of aromatic carboxylic acids is 2. The van der Waals surface area contributed by atoms with Gasteiger partial charge in [-0.3, -0.25) is 47.6 Å². The van der Waals surface area contributed by atoms with Gasteiger partial charge in [0.05, 0.1) is 95.1 Å². The number of halogens is 2. The van der Waals surface area contributed by atoms with E-state index >= 15 is 0 Å². The van der Waals surface area contributed by atoms with Gasteiger partial charge in [-0.05, 0) is 97.5 Å². The molecule has 436 valence electrons. The lowest BCUT2D eigenvalue weighted by Crippen LogP contribution is -2.26. The van der Waals surface area contributed by atoms with E-state index in [1.54, 1.807) is 93.8 Å². The van der Waals surface area contributed by atoms with Crippen molar-refractivity contribution < 1.29 is 29.4 Å². The van der Waals surface area contributed by atoms with E-state index in [4.69, 9.17) is 23.2 Å². The molecular formula is C58H52Cl2N18O8. The van der Waals surface area contributed by atoms with Crippen LogP contribution in [0.4, 0.5) is 11.4 Å². The highest BCUT2D eigenvalue weighted by Gasteiger charge is 2.27. The average Bonchev–Trinajstić information content (AvgIpc) is 2.39. The number of hydrogen-bond donors (Lipinski definition) is 4. The molecule has 86 heavy (non-hydrogen) atoms. The van der Waals surface area contributed by atoms with Crippen LogP contribution in [0.2, 0.25) is 10.0 Å². The van der Waals surface area contributed by atoms with Crippen LogP contribution in [-0.2, 0) is 23.7 Å². The zero-order chi connectivity index (χ0) is 60.5. The molecule has 0 saturated carbocycles. The number of nitrogens with zero attached hydrogens (tertiary/aromatic N) is 16. The fourth-order valence-electron chi connectivity index (χ4n) is 10.5. The highest BCUT2D eigenvalue weighted by molar-refractivity contribution is 6.31. The standard InChI is InChI=1S/2C29H26ClN9O4/c2*1-16-4-3-5-24(17-8-9-31-21(10-17)27-22(34-28(16)41)13-33-37(27)2)38-15-32-20(12-26(38)40)19-11-18(30)6-7-25(19)39-14-23(29(42)43)35-36-39/h2*6-16,24H,3-5H2,1-2H3,(H,34,41)(H,42,43)/t2*16-,24+/m11/s1. The molecule has 0 saturated heterocycles. The molecule has 0 spiro atoms. The van der Waals surface area contributed by atoms with E-state index in [1.165, 1.54) is 46.5 Å². The molecule has 2 aliphatic heterocycles. The third-order valence-corrected chi connectivity index (χ3v) is 15.5. The number of nitrogens with one attached hydrogen (secondary N) is 2. The number of hydrogen-bond acceptors (Lipinski definition) is 16. The van der Waals surface area contributed by atoms with Crippen LogP contribution in [0.5, 0.6) is 0 Å². The molecule has 2 amide bonds. The molecule has 0 radical (unpaired) electrons. The summed E-state index contributed by atoms with van der Waals surface area (Å²) in [6, 6.07) is 19.5. The number of aromatic nitrogens is 16. The molecule has 10 aromatic rings. The summed E-state index contributed by atoms with van der Waals surface area (Å²) >= 11 is 12.6. The van der Waals surface area contributed by atoms with Gasteiger partial charge in [0.2, 0.25) is 11.8 Å². The summed E-state index contributed by atoms with van der Waals surface area (Å²) in [5, 5.41) is 49.2. The van der Waals surface area contributed by atoms with Crippen molar-refractivity contribution in [2.75, 3.05) is 10.6 Å². The summed E-state index contributed by atoms with van der Waals surface area (Å²) in [6.07, 6.45) is 15.9. The van der Waals surface area contributed by atoms with Crippen molar-refractivity contribution in [1.82, 2.24) is 78.6 Å². The minimum absolute atomic E-state index is 0.106. The van der Waals surface area contributed by atoms with Gasteiger partial charge in [0.1, 0.15) is 11.4 Å². The molecular weight excluding hydrogens is 1150 g/mol. The molecule has 12 rings (SSSR count). The van der Waals surface area contributed by atoms with Gasteiger partial charge in [0, 0.05) is 71.6 Å². The zero-order valence-corrected chi connectivity index (χ0v) is 47.9. The van der Waals surface area contributed by atoms with Crippen molar-refractivity contribution in [1.29, 1.82) is 0 Å². The second-order valence-electron chi connectivity index (χ2n) is 20.8. The highest BCUT2D eigenvalue weighted by Crippen LogP contribution is 2.36. The monoisotopic (exact) mass is 1200 g/mol. The van der Waals surface area contributed by atoms with Crippen LogP contribution in [0.1, 0.15) is 96.6 Å². The number of pyridine rings is 2. The lowest BCUT2D eigenvalue weighted by Gasteiger charge is -2.23. The number of benzene rings is 2. The number of carboxylic acids is 2. The van der Waals surface area contributed by atoms with Crippen LogP contribution < -0.4 is 21.8 Å². The lowest BCUT2D eigenvalue weighted by atomic mass is 9.95. The predicted octanol–water partition coefficient (Wildman–Crippen LogP) is 7.97. The van der Waals surface area contributed by atoms with Crippen LogP contribution in [0.3, 0.4) is 0 Å². The average molecular weight is 1200 g/mol. The number of rotatable bonds is 8. The SMILES string of the molecule is C[C@@H]1CCC[C@H](n2cnc(-c3cc(Cl)ccc3-n3cc(C(=O)O)nn3)cc2=O)c2ccnc(c2)-c2c(cnn2C)NC1=O.C[C@@H]1CCC[C@H](n2cnc(-c3cc(Cl)ccc3-n3cc(C(=O)O)nn3)cc2=O)c2ccnc(c2)-c2c(cnn2C)NC1=O. The van der Waals surface area contributed by atoms with E-state index in [1.807, 2.05) is 38.1 Å². The molecule has 26 nitrogen and oxygen atoms in total. The smallest absolute Gasteiger partial charge is 0.358 e. The van der Waals surface area contributed by atoms with Crippen molar-refractivity contribution in [2.24, 2.45) is 25.9 Å². The Kier molecular flexibility index (Phi) is 16.1. The Morgan fingerprint density at radius 3 is 1.35 bits per heavy atom. The largest absolute Gasteiger partial charge is 0.476 e. The summed E-state index contributed by atoms with van der Waals surface area (Å²) in [5.74, 6) is -3.15. The Bertz CT molecular complexity index is 4140. The van der Waals surface area contributed by atoms with Gasteiger partial charge in [-0.2, -0.15) is 10.2 Å². The van der Waals surface area contributed by atoms with Crippen LogP contribution in [-0.4, -0.2) is 113 Å². The minimum atomic E-state index is -1.21. The first-order chi connectivity index (χ1) is 41.4.